The normalized spacial score (nSPS) is 12.7. The zero-order valence-electron chi connectivity index (χ0n) is 29.0. The quantitative estimate of drug-likeness (QED) is 0.137. The standard InChI is InChI=1S/C49H29BN2O2/c1-2-13-36-34(11-1)35-12-3-4-14-37(35)39-27-31(23-26-38(36)39)49-51-42-17-7-8-18-43(42)52(49)33-24-21-30(22-25-33)32-28-46-48-47(29-32)54-45-20-10-6-16-41(45)50(48)40-15-5-9-19-44(40)53-46/h1-29H. The van der Waals surface area contributed by atoms with Crippen LogP contribution in [0.25, 0.3) is 71.6 Å². The van der Waals surface area contributed by atoms with Gasteiger partial charge in [0.15, 0.2) is 0 Å². The molecule has 0 unspecified atom stereocenters. The summed E-state index contributed by atoms with van der Waals surface area (Å²) in [6, 6.07) is 62.4. The second kappa shape index (κ2) is 11.2. The molecular formula is C49H29BN2O2. The molecule has 0 fully saturated rings. The van der Waals surface area contributed by atoms with Gasteiger partial charge in [0.05, 0.1) is 11.0 Å². The van der Waals surface area contributed by atoms with E-state index in [1.165, 1.54) is 32.3 Å². The van der Waals surface area contributed by atoms with Crippen LogP contribution in [0.2, 0.25) is 0 Å². The van der Waals surface area contributed by atoms with Gasteiger partial charge in [0.1, 0.15) is 28.8 Å². The summed E-state index contributed by atoms with van der Waals surface area (Å²) in [5.41, 5.74) is 9.66. The molecule has 9 aromatic carbocycles. The van der Waals surface area contributed by atoms with Crippen LogP contribution in [0.5, 0.6) is 23.0 Å². The molecule has 0 saturated heterocycles. The van der Waals surface area contributed by atoms with E-state index in [1.54, 1.807) is 0 Å². The summed E-state index contributed by atoms with van der Waals surface area (Å²) in [6.07, 6.45) is 0. The Balaban J connectivity index is 0.992. The minimum atomic E-state index is 0.0566. The summed E-state index contributed by atoms with van der Waals surface area (Å²) in [4.78, 5) is 5.24. The summed E-state index contributed by atoms with van der Waals surface area (Å²) < 4.78 is 15.5. The number of ether oxygens (including phenoxy) is 2. The van der Waals surface area contributed by atoms with Crippen molar-refractivity contribution in [1.82, 2.24) is 9.55 Å². The van der Waals surface area contributed by atoms with Crippen molar-refractivity contribution in [2.75, 3.05) is 0 Å². The Bertz CT molecular complexity index is 3080. The van der Waals surface area contributed by atoms with E-state index in [9.17, 15) is 0 Å². The molecule has 2 aliphatic rings. The molecule has 0 saturated carbocycles. The minimum absolute atomic E-state index is 0.0566. The predicted octanol–water partition coefficient (Wildman–Crippen LogP) is 10.5. The summed E-state index contributed by atoms with van der Waals surface area (Å²) in [7, 11) is 0. The lowest BCUT2D eigenvalue weighted by molar-refractivity contribution is 0.465. The van der Waals surface area contributed by atoms with Crippen LogP contribution in [0.4, 0.5) is 0 Å². The molecule has 10 aromatic rings. The molecule has 0 radical (unpaired) electrons. The fourth-order valence-electron chi connectivity index (χ4n) is 8.89. The Morgan fingerprint density at radius 3 is 1.57 bits per heavy atom. The van der Waals surface area contributed by atoms with Gasteiger partial charge in [-0.15, -0.1) is 0 Å². The number of aromatic nitrogens is 2. The van der Waals surface area contributed by atoms with Gasteiger partial charge < -0.3 is 9.47 Å². The number of hydrogen-bond donors (Lipinski definition) is 0. The van der Waals surface area contributed by atoms with E-state index in [4.69, 9.17) is 14.5 Å². The monoisotopic (exact) mass is 688 g/mol. The van der Waals surface area contributed by atoms with Crippen LogP contribution in [0.15, 0.2) is 176 Å². The number of para-hydroxylation sites is 4. The second-order valence-electron chi connectivity index (χ2n) is 14.3. The molecule has 0 atom stereocenters. The first-order valence-electron chi connectivity index (χ1n) is 18.4. The Morgan fingerprint density at radius 1 is 0.407 bits per heavy atom. The van der Waals surface area contributed by atoms with Crippen LogP contribution in [-0.2, 0) is 0 Å². The lowest BCUT2D eigenvalue weighted by atomic mass is 9.35. The molecular weight excluding hydrogens is 659 g/mol. The Kier molecular flexibility index (Phi) is 6.11. The molecule has 0 aliphatic carbocycles. The zero-order valence-corrected chi connectivity index (χ0v) is 29.0. The van der Waals surface area contributed by atoms with E-state index in [1.807, 2.05) is 12.1 Å². The maximum absolute atomic E-state index is 6.59. The number of rotatable bonds is 3. The lowest BCUT2D eigenvalue weighted by Gasteiger charge is -2.33. The van der Waals surface area contributed by atoms with E-state index < -0.39 is 0 Å². The first-order chi connectivity index (χ1) is 26.8. The predicted molar refractivity (Wildman–Crippen MR) is 222 cm³/mol. The maximum atomic E-state index is 6.59. The molecule has 0 amide bonds. The first kappa shape index (κ1) is 29.5. The molecule has 5 heteroatoms. The molecule has 2 aliphatic heterocycles. The fraction of sp³-hybridized carbons (Fsp3) is 0. The van der Waals surface area contributed by atoms with Crippen LogP contribution in [0, 0.1) is 0 Å². The smallest absolute Gasteiger partial charge is 0.260 e. The Morgan fingerprint density at radius 2 is 0.926 bits per heavy atom. The van der Waals surface area contributed by atoms with Crippen LogP contribution in [-0.4, -0.2) is 16.3 Å². The molecule has 0 N–H and O–H groups in total. The number of imidazole rings is 1. The molecule has 54 heavy (non-hydrogen) atoms. The van der Waals surface area contributed by atoms with Gasteiger partial charge in [-0.3, -0.25) is 4.57 Å². The fourth-order valence-corrected chi connectivity index (χ4v) is 8.89. The molecule has 0 bridgehead atoms. The van der Waals surface area contributed by atoms with Crippen molar-refractivity contribution in [1.29, 1.82) is 0 Å². The van der Waals surface area contributed by atoms with Gasteiger partial charge in [0.25, 0.3) is 6.71 Å². The number of hydrogen-bond acceptors (Lipinski definition) is 3. The van der Waals surface area contributed by atoms with Crippen molar-refractivity contribution in [3.8, 4) is 51.2 Å². The van der Waals surface area contributed by atoms with Gasteiger partial charge in [-0.05, 0) is 109 Å². The molecule has 3 heterocycles. The number of nitrogens with zero attached hydrogens (tertiary/aromatic N) is 2. The summed E-state index contributed by atoms with van der Waals surface area (Å²) in [5, 5.41) is 7.52. The third-order valence-electron chi connectivity index (χ3n) is 11.3. The first-order valence-corrected chi connectivity index (χ1v) is 18.4. The molecule has 250 valence electrons. The number of fused-ring (bicyclic) bond motifs is 11. The highest BCUT2D eigenvalue weighted by Crippen LogP contribution is 2.40. The van der Waals surface area contributed by atoms with E-state index in [0.717, 1.165) is 78.6 Å². The average Bonchev–Trinajstić information content (AvgIpc) is 3.63. The van der Waals surface area contributed by atoms with E-state index >= 15 is 0 Å². The minimum Gasteiger partial charge on any atom is -0.458 e. The van der Waals surface area contributed by atoms with Crippen molar-refractivity contribution in [3.05, 3.63) is 176 Å². The van der Waals surface area contributed by atoms with E-state index in [-0.39, 0.29) is 6.71 Å². The van der Waals surface area contributed by atoms with Crippen molar-refractivity contribution in [3.63, 3.8) is 0 Å². The Hall–Kier alpha value is -7.11. The van der Waals surface area contributed by atoms with E-state index in [0.29, 0.717) is 0 Å². The van der Waals surface area contributed by atoms with Crippen LogP contribution in [0.1, 0.15) is 0 Å². The van der Waals surface area contributed by atoms with Crippen molar-refractivity contribution >= 4 is 66.5 Å². The van der Waals surface area contributed by atoms with Gasteiger partial charge >= 0.3 is 0 Å². The molecule has 4 nitrogen and oxygen atoms in total. The summed E-state index contributed by atoms with van der Waals surface area (Å²) in [5.74, 6) is 4.36. The number of benzene rings is 9. The van der Waals surface area contributed by atoms with Crippen molar-refractivity contribution < 1.29 is 9.47 Å². The average molecular weight is 689 g/mol. The van der Waals surface area contributed by atoms with E-state index in [2.05, 4.69) is 168 Å². The van der Waals surface area contributed by atoms with Crippen molar-refractivity contribution in [2.24, 2.45) is 0 Å². The SMILES string of the molecule is c1ccc2c(c1)Oc1cc(-c3ccc(-n4c(-c5ccc6c7ccccc7c7ccccc7c6c5)nc5ccccc54)cc3)cc3c1B2c1ccccc1O3. The van der Waals surface area contributed by atoms with Crippen LogP contribution < -0.4 is 25.9 Å². The van der Waals surface area contributed by atoms with Crippen molar-refractivity contribution in [2.45, 2.75) is 0 Å². The van der Waals surface area contributed by atoms with Gasteiger partial charge in [0.2, 0.25) is 0 Å². The van der Waals surface area contributed by atoms with Gasteiger partial charge in [-0.25, -0.2) is 4.98 Å². The topological polar surface area (TPSA) is 36.3 Å². The summed E-state index contributed by atoms with van der Waals surface area (Å²) >= 11 is 0. The molecule has 0 spiro atoms. The highest BCUT2D eigenvalue weighted by molar-refractivity contribution is 6.98. The van der Waals surface area contributed by atoms with Gasteiger partial charge in [-0.1, -0.05) is 121 Å². The molecule has 12 rings (SSSR count). The largest absolute Gasteiger partial charge is 0.458 e. The van der Waals surface area contributed by atoms with Crippen LogP contribution in [0.3, 0.4) is 0 Å². The lowest BCUT2D eigenvalue weighted by Crippen LogP contribution is -2.57. The third-order valence-corrected chi connectivity index (χ3v) is 11.3. The zero-order chi connectivity index (χ0) is 35.3. The van der Waals surface area contributed by atoms with Crippen LogP contribution >= 0.6 is 0 Å². The highest BCUT2D eigenvalue weighted by atomic mass is 16.5. The van der Waals surface area contributed by atoms with Gasteiger partial charge in [0, 0.05) is 16.7 Å². The third kappa shape index (κ3) is 4.24. The summed E-state index contributed by atoms with van der Waals surface area (Å²) in [6.45, 7) is 0.0566. The highest BCUT2D eigenvalue weighted by Gasteiger charge is 2.40. The Labute approximate surface area is 311 Å². The molecule has 1 aromatic heterocycles. The van der Waals surface area contributed by atoms with Gasteiger partial charge in [-0.2, -0.15) is 0 Å². The maximum Gasteiger partial charge on any atom is 0.260 e. The second-order valence-corrected chi connectivity index (χ2v) is 14.3.